The van der Waals surface area contributed by atoms with Crippen LogP contribution < -0.4 is 0 Å². The molecule has 0 spiro atoms. The number of hydrogen-bond acceptors (Lipinski definition) is 1. The highest BCUT2D eigenvalue weighted by atomic mass is 16.1. The topological polar surface area (TPSA) is 17.1 Å². The number of Topliss-reactive ketones (excluding diaryl/α,β-unsaturated/α-hetero) is 1. The number of ketones is 1. The molecule has 1 nitrogen and oxygen atoms in total. The van der Waals surface area contributed by atoms with Crippen molar-refractivity contribution in [3.63, 3.8) is 0 Å². The van der Waals surface area contributed by atoms with Crippen LogP contribution >= 0.6 is 0 Å². The highest BCUT2D eigenvalue weighted by Crippen LogP contribution is 2.10. The number of carbonyl (C=O) groups is 1. The Kier molecular flexibility index (Phi) is 4.75. The maximum Gasteiger partial charge on any atom is 0.160 e. The molecule has 0 saturated heterocycles. The van der Waals surface area contributed by atoms with Crippen LogP contribution in [0, 0.1) is 13.8 Å². The van der Waals surface area contributed by atoms with Gasteiger partial charge in [-0.05, 0) is 32.4 Å². The van der Waals surface area contributed by atoms with Crippen LogP contribution in [-0.4, -0.2) is 5.78 Å². The summed E-state index contributed by atoms with van der Waals surface area (Å²) in [5.41, 5.74) is 3.04. The van der Waals surface area contributed by atoms with E-state index in [1.165, 1.54) is 0 Å². The van der Waals surface area contributed by atoms with Crippen molar-refractivity contribution in [2.45, 2.75) is 20.8 Å². The van der Waals surface area contributed by atoms with Gasteiger partial charge in [0, 0.05) is 5.56 Å². The van der Waals surface area contributed by atoms with Gasteiger partial charge in [-0.3, -0.25) is 4.79 Å². The van der Waals surface area contributed by atoms with E-state index in [4.69, 9.17) is 0 Å². The van der Waals surface area contributed by atoms with Crippen LogP contribution in [0.5, 0.6) is 0 Å². The van der Waals surface area contributed by atoms with Crippen molar-refractivity contribution < 1.29 is 4.79 Å². The molecule has 0 aliphatic carbocycles. The van der Waals surface area contributed by atoms with Crippen molar-refractivity contribution >= 4 is 5.78 Å². The third-order valence-corrected chi connectivity index (χ3v) is 1.77. The van der Waals surface area contributed by atoms with Crippen LogP contribution in [0.15, 0.2) is 31.4 Å². The average molecular weight is 176 g/mol. The van der Waals surface area contributed by atoms with Gasteiger partial charge in [-0.15, -0.1) is 13.2 Å². The van der Waals surface area contributed by atoms with Crippen molar-refractivity contribution in [1.29, 1.82) is 0 Å². The molecule has 70 valence electrons. The van der Waals surface area contributed by atoms with Crippen LogP contribution in [-0.2, 0) is 0 Å². The summed E-state index contributed by atoms with van der Waals surface area (Å²) in [6.07, 6.45) is 0. The van der Waals surface area contributed by atoms with Gasteiger partial charge in [0.2, 0.25) is 0 Å². The largest absolute Gasteiger partial charge is 0.295 e. The Morgan fingerprint density at radius 3 is 2.15 bits per heavy atom. The quantitative estimate of drug-likeness (QED) is 0.474. The Balaban J connectivity index is 0.000000671. The molecule has 0 amide bonds. The normalized spacial score (nSPS) is 8.54. The van der Waals surface area contributed by atoms with Crippen molar-refractivity contribution in [1.82, 2.24) is 0 Å². The lowest BCUT2D eigenvalue weighted by atomic mass is 10.0. The van der Waals surface area contributed by atoms with Crippen LogP contribution in [0.1, 0.15) is 28.4 Å². The van der Waals surface area contributed by atoms with E-state index < -0.39 is 0 Å². The molecule has 0 unspecified atom stereocenters. The number of aryl methyl sites for hydroxylation is 2. The van der Waals surface area contributed by atoms with Gasteiger partial charge in [-0.1, -0.05) is 17.7 Å². The smallest absolute Gasteiger partial charge is 0.160 e. The molecule has 0 N–H and O–H groups in total. The van der Waals surface area contributed by atoms with Gasteiger partial charge in [0.1, 0.15) is 0 Å². The Morgan fingerprint density at radius 2 is 1.77 bits per heavy atom. The first-order valence-electron chi connectivity index (χ1n) is 4.19. The Morgan fingerprint density at radius 1 is 1.23 bits per heavy atom. The highest BCUT2D eigenvalue weighted by Gasteiger charge is 2.01. The molecule has 0 bridgehead atoms. The fourth-order valence-corrected chi connectivity index (χ4v) is 1.12. The van der Waals surface area contributed by atoms with Gasteiger partial charge in [-0.25, -0.2) is 0 Å². The minimum Gasteiger partial charge on any atom is -0.295 e. The Hall–Kier alpha value is -1.37. The van der Waals surface area contributed by atoms with Gasteiger partial charge in [0.25, 0.3) is 0 Å². The number of carbonyl (C=O) groups excluding carboxylic acids is 1. The predicted molar refractivity (Wildman–Crippen MR) is 57.2 cm³/mol. The second-order valence-corrected chi connectivity index (χ2v) is 2.87. The number of benzene rings is 1. The summed E-state index contributed by atoms with van der Waals surface area (Å²) >= 11 is 0. The molecule has 1 aromatic carbocycles. The maximum atomic E-state index is 11.0. The van der Waals surface area contributed by atoms with E-state index in [0.29, 0.717) is 0 Å². The zero-order chi connectivity index (χ0) is 10.4. The standard InChI is InChI=1S/C10H12O.C2H4/c1-7-4-5-8(2)10(6-7)9(3)11;1-2/h4-6H,1-3H3;1-2H2. The zero-order valence-corrected chi connectivity index (χ0v) is 8.55. The summed E-state index contributed by atoms with van der Waals surface area (Å²) in [5, 5.41) is 0. The third kappa shape index (κ3) is 3.24. The summed E-state index contributed by atoms with van der Waals surface area (Å²) in [6, 6.07) is 5.92. The molecule has 0 heterocycles. The molecule has 0 radical (unpaired) electrons. The van der Waals surface area contributed by atoms with E-state index in [9.17, 15) is 4.79 Å². The lowest BCUT2D eigenvalue weighted by Crippen LogP contribution is -1.95. The molecule has 0 saturated carbocycles. The van der Waals surface area contributed by atoms with Crippen LogP contribution in [0.3, 0.4) is 0 Å². The maximum absolute atomic E-state index is 11.0. The minimum absolute atomic E-state index is 0.145. The molecule has 13 heavy (non-hydrogen) atoms. The fraction of sp³-hybridized carbons (Fsp3) is 0.250. The molecule has 1 rings (SSSR count). The van der Waals surface area contributed by atoms with Crippen molar-refractivity contribution in [3.05, 3.63) is 48.0 Å². The molecule has 0 aliphatic heterocycles. The Labute approximate surface area is 80.1 Å². The predicted octanol–water partition coefficient (Wildman–Crippen LogP) is 3.31. The summed E-state index contributed by atoms with van der Waals surface area (Å²) < 4.78 is 0. The summed E-state index contributed by atoms with van der Waals surface area (Å²) in [5.74, 6) is 0.145. The lowest BCUT2D eigenvalue weighted by molar-refractivity contribution is 0.101. The molecule has 0 aliphatic rings. The molecular formula is C12H16O. The van der Waals surface area contributed by atoms with Gasteiger partial charge in [0.05, 0.1) is 0 Å². The molecule has 0 fully saturated rings. The summed E-state index contributed by atoms with van der Waals surface area (Å²) in [7, 11) is 0. The first-order valence-corrected chi connectivity index (χ1v) is 4.19. The van der Waals surface area contributed by atoms with Crippen molar-refractivity contribution in [2.24, 2.45) is 0 Å². The van der Waals surface area contributed by atoms with E-state index >= 15 is 0 Å². The van der Waals surface area contributed by atoms with E-state index in [-0.39, 0.29) is 5.78 Å². The van der Waals surface area contributed by atoms with E-state index in [0.717, 1.165) is 16.7 Å². The molecule has 0 atom stereocenters. The number of rotatable bonds is 1. The van der Waals surface area contributed by atoms with Crippen molar-refractivity contribution in [2.75, 3.05) is 0 Å². The van der Waals surface area contributed by atoms with Crippen LogP contribution in [0.2, 0.25) is 0 Å². The van der Waals surface area contributed by atoms with Gasteiger partial charge < -0.3 is 0 Å². The Bertz CT molecular complexity index is 300. The fourth-order valence-electron chi connectivity index (χ4n) is 1.12. The monoisotopic (exact) mass is 176 g/mol. The molecular weight excluding hydrogens is 160 g/mol. The third-order valence-electron chi connectivity index (χ3n) is 1.77. The summed E-state index contributed by atoms with van der Waals surface area (Å²) in [4.78, 5) is 11.0. The molecule has 1 heteroatoms. The highest BCUT2D eigenvalue weighted by molar-refractivity contribution is 5.95. The molecule has 0 aromatic heterocycles. The second-order valence-electron chi connectivity index (χ2n) is 2.87. The lowest BCUT2D eigenvalue weighted by Gasteiger charge is -2.01. The first kappa shape index (κ1) is 11.6. The molecule has 1 aromatic rings. The SMILES string of the molecule is C=C.CC(=O)c1cc(C)ccc1C. The zero-order valence-electron chi connectivity index (χ0n) is 8.55. The minimum atomic E-state index is 0.145. The van der Waals surface area contributed by atoms with E-state index in [1.54, 1.807) is 6.92 Å². The van der Waals surface area contributed by atoms with Crippen LogP contribution in [0.4, 0.5) is 0 Å². The number of hydrogen-bond donors (Lipinski definition) is 0. The summed E-state index contributed by atoms with van der Waals surface area (Å²) in [6.45, 7) is 11.5. The second kappa shape index (κ2) is 5.31. The first-order chi connectivity index (χ1) is 6.11. The van der Waals surface area contributed by atoms with Gasteiger partial charge in [0.15, 0.2) is 5.78 Å². The van der Waals surface area contributed by atoms with Crippen molar-refractivity contribution in [3.8, 4) is 0 Å². The average Bonchev–Trinajstić information content (AvgIpc) is 2.12. The van der Waals surface area contributed by atoms with Gasteiger partial charge in [-0.2, -0.15) is 0 Å². The van der Waals surface area contributed by atoms with Gasteiger partial charge >= 0.3 is 0 Å². The van der Waals surface area contributed by atoms with E-state index in [2.05, 4.69) is 13.2 Å². The van der Waals surface area contributed by atoms with E-state index in [1.807, 2.05) is 32.0 Å². The van der Waals surface area contributed by atoms with Crippen LogP contribution in [0.25, 0.3) is 0 Å².